The minimum atomic E-state index is -0.286. The van der Waals surface area contributed by atoms with Gasteiger partial charge >= 0.3 is 0 Å². The largest absolute Gasteiger partial charge is 0.353 e. The third-order valence-corrected chi connectivity index (χ3v) is 4.31. The average Bonchev–Trinajstić information content (AvgIpc) is 2.68. The van der Waals surface area contributed by atoms with Crippen LogP contribution in [0.1, 0.15) is 45.4 Å². The second kappa shape index (κ2) is 6.89. The molecule has 2 rings (SSSR count). The number of hydrogen-bond acceptors (Lipinski definition) is 3. The number of nitrogens with one attached hydrogen (secondary N) is 3. The first-order chi connectivity index (χ1) is 9.16. The van der Waals surface area contributed by atoms with Crippen LogP contribution < -0.4 is 16.0 Å². The van der Waals surface area contributed by atoms with E-state index in [4.69, 9.17) is 0 Å². The molecule has 0 aromatic heterocycles. The van der Waals surface area contributed by atoms with Crippen molar-refractivity contribution in [2.24, 2.45) is 5.92 Å². The highest BCUT2D eigenvalue weighted by atomic mass is 16.2. The molecular formula is C14H25N3O2. The van der Waals surface area contributed by atoms with E-state index in [1.165, 1.54) is 38.5 Å². The van der Waals surface area contributed by atoms with E-state index in [2.05, 4.69) is 22.9 Å². The highest BCUT2D eigenvalue weighted by Crippen LogP contribution is 2.25. The summed E-state index contributed by atoms with van der Waals surface area (Å²) in [6.45, 7) is 2.73. The lowest BCUT2D eigenvalue weighted by atomic mass is 9.93. The fraction of sp³-hybridized carbons (Fsp3) is 0.857. The molecule has 3 N–H and O–H groups in total. The van der Waals surface area contributed by atoms with E-state index < -0.39 is 0 Å². The quantitative estimate of drug-likeness (QED) is 0.654. The van der Waals surface area contributed by atoms with Gasteiger partial charge in [-0.3, -0.25) is 14.9 Å². The molecule has 1 aliphatic heterocycles. The van der Waals surface area contributed by atoms with Gasteiger partial charge in [0.15, 0.2) is 0 Å². The van der Waals surface area contributed by atoms with Crippen LogP contribution in [-0.2, 0) is 9.59 Å². The standard InChI is InChI=1S/C14H25N3O2/c1-10(11-6-4-2-3-5-7-11)17-14(19)12-8-16-13(18)9-15-12/h10-12,15H,2-9H2,1H3,(H,16,18)(H,17,19)/t10-,12?/m0/s1. The van der Waals surface area contributed by atoms with Gasteiger partial charge in [0.25, 0.3) is 0 Å². The van der Waals surface area contributed by atoms with Crippen molar-refractivity contribution in [1.82, 2.24) is 16.0 Å². The molecular weight excluding hydrogens is 242 g/mol. The zero-order chi connectivity index (χ0) is 13.7. The van der Waals surface area contributed by atoms with Crippen LogP contribution in [-0.4, -0.2) is 37.0 Å². The lowest BCUT2D eigenvalue weighted by Gasteiger charge is -2.28. The number of carbonyl (C=O) groups excluding carboxylic acids is 2. The minimum Gasteiger partial charge on any atom is -0.353 e. The number of hydrogen-bond donors (Lipinski definition) is 3. The predicted molar refractivity (Wildman–Crippen MR) is 73.6 cm³/mol. The van der Waals surface area contributed by atoms with Gasteiger partial charge in [0, 0.05) is 12.6 Å². The molecule has 5 nitrogen and oxygen atoms in total. The maximum Gasteiger partial charge on any atom is 0.239 e. The van der Waals surface area contributed by atoms with Crippen molar-refractivity contribution >= 4 is 11.8 Å². The predicted octanol–water partition coefficient (Wildman–Crippen LogP) is 0.549. The maximum absolute atomic E-state index is 12.1. The van der Waals surface area contributed by atoms with Crippen molar-refractivity contribution in [3.8, 4) is 0 Å². The molecule has 108 valence electrons. The maximum atomic E-state index is 12.1. The Balaban J connectivity index is 1.78. The van der Waals surface area contributed by atoms with Crippen LogP contribution in [0.4, 0.5) is 0 Å². The first kappa shape index (κ1) is 14.3. The van der Waals surface area contributed by atoms with Gasteiger partial charge in [0.1, 0.15) is 6.04 Å². The van der Waals surface area contributed by atoms with Gasteiger partial charge in [-0.05, 0) is 25.7 Å². The fourth-order valence-electron chi connectivity index (χ4n) is 3.01. The van der Waals surface area contributed by atoms with Gasteiger partial charge in [0.2, 0.25) is 11.8 Å². The highest BCUT2D eigenvalue weighted by molar-refractivity contribution is 5.86. The summed E-state index contributed by atoms with van der Waals surface area (Å²) in [5.74, 6) is 0.572. The molecule has 0 spiro atoms. The van der Waals surface area contributed by atoms with Gasteiger partial charge < -0.3 is 10.6 Å². The molecule has 0 radical (unpaired) electrons. The lowest BCUT2D eigenvalue weighted by Crippen LogP contribution is -2.59. The molecule has 0 aromatic carbocycles. The van der Waals surface area contributed by atoms with E-state index in [0.717, 1.165) is 0 Å². The number of rotatable bonds is 3. The molecule has 2 amide bonds. The van der Waals surface area contributed by atoms with Crippen LogP contribution in [0.25, 0.3) is 0 Å². The smallest absolute Gasteiger partial charge is 0.239 e. The number of amides is 2. The summed E-state index contributed by atoms with van der Waals surface area (Å²) >= 11 is 0. The molecule has 2 aliphatic rings. The van der Waals surface area contributed by atoms with Crippen molar-refractivity contribution in [3.05, 3.63) is 0 Å². The number of piperazine rings is 1. The Labute approximate surface area is 114 Å². The fourth-order valence-corrected chi connectivity index (χ4v) is 3.01. The van der Waals surface area contributed by atoms with Crippen molar-refractivity contribution in [1.29, 1.82) is 0 Å². The zero-order valence-corrected chi connectivity index (χ0v) is 11.7. The van der Waals surface area contributed by atoms with Crippen LogP contribution in [0.5, 0.6) is 0 Å². The molecule has 1 aliphatic carbocycles. The van der Waals surface area contributed by atoms with Crippen molar-refractivity contribution < 1.29 is 9.59 Å². The summed E-state index contributed by atoms with van der Waals surface area (Å²) in [6, 6.07) is -0.0593. The highest BCUT2D eigenvalue weighted by Gasteiger charge is 2.27. The molecule has 1 saturated carbocycles. The molecule has 1 unspecified atom stereocenters. The molecule has 2 atom stereocenters. The average molecular weight is 267 g/mol. The monoisotopic (exact) mass is 267 g/mol. The van der Waals surface area contributed by atoms with Gasteiger partial charge in [-0.15, -0.1) is 0 Å². The van der Waals surface area contributed by atoms with Crippen molar-refractivity contribution in [2.45, 2.75) is 57.5 Å². The molecule has 0 aromatic rings. The van der Waals surface area contributed by atoms with Gasteiger partial charge in [0.05, 0.1) is 6.54 Å². The van der Waals surface area contributed by atoms with Gasteiger partial charge in [-0.25, -0.2) is 0 Å². The summed E-state index contributed by atoms with van der Waals surface area (Å²) in [6.07, 6.45) is 7.65. The van der Waals surface area contributed by atoms with E-state index in [0.29, 0.717) is 12.5 Å². The summed E-state index contributed by atoms with van der Waals surface area (Å²) < 4.78 is 0. The van der Waals surface area contributed by atoms with E-state index in [1.54, 1.807) is 0 Å². The normalized spacial score (nSPS) is 27.2. The second-order valence-electron chi connectivity index (χ2n) is 5.79. The Hall–Kier alpha value is -1.10. The zero-order valence-electron chi connectivity index (χ0n) is 11.7. The Morgan fingerprint density at radius 1 is 1.26 bits per heavy atom. The van der Waals surface area contributed by atoms with Gasteiger partial charge in [-0.2, -0.15) is 0 Å². The van der Waals surface area contributed by atoms with Crippen molar-refractivity contribution in [3.63, 3.8) is 0 Å². The van der Waals surface area contributed by atoms with Crippen LogP contribution in [0.2, 0.25) is 0 Å². The Morgan fingerprint density at radius 2 is 1.95 bits per heavy atom. The number of carbonyl (C=O) groups is 2. The third-order valence-electron chi connectivity index (χ3n) is 4.31. The van der Waals surface area contributed by atoms with E-state index in [1.807, 2.05) is 0 Å². The Morgan fingerprint density at radius 3 is 2.53 bits per heavy atom. The Kier molecular flexibility index (Phi) is 5.19. The van der Waals surface area contributed by atoms with Crippen LogP contribution >= 0.6 is 0 Å². The van der Waals surface area contributed by atoms with Crippen LogP contribution in [0.3, 0.4) is 0 Å². The van der Waals surface area contributed by atoms with Crippen LogP contribution in [0, 0.1) is 5.92 Å². The second-order valence-corrected chi connectivity index (χ2v) is 5.79. The topological polar surface area (TPSA) is 70.2 Å². The SMILES string of the molecule is C[C@H](NC(=O)C1CNC(=O)CN1)C1CCCCCC1. The summed E-state index contributed by atoms with van der Waals surface area (Å²) in [5, 5.41) is 8.79. The Bertz CT molecular complexity index is 315. The summed E-state index contributed by atoms with van der Waals surface area (Å²) in [7, 11) is 0. The molecule has 1 saturated heterocycles. The first-order valence-corrected chi connectivity index (χ1v) is 7.47. The van der Waals surface area contributed by atoms with Gasteiger partial charge in [-0.1, -0.05) is 25.7 Å². The molecule has 5 heteroatoms. The van der Waals surface area contributed by atoms with E-state index in [-0.39, 0.29) is 30.4 Å². The minimum absolute atomic E-state index is 0.0109. The first-order valence-electron chi connectivity index (χ1n) is 7.47. The lowest BCUT2D eigenvalue weighted by molar-refractivity contribution is -0.127. The van der Waals surface area contributed by atoms with E-state index >= 15 is 0 Å². The summed E-state index contributed by atoms with van der Waals surface area (Å²) in [5.41, 5.74) is 0. The van der Waals surface area contributed by atoms with Crippen LogP contribution in [0.15, 0.2) is 0 Å². The van der Waals surface area contributed by atoms with E-state index in [9.17, 15) is 9.59 Å². The molecule has 1 heterocycles. The summed E-state index contributed by atoms with van der Waals surface area (Å²) in [4.78, 5) is 23.2. The molecule has 0 bridgehead atoms. The van der Waals surface area contributed by atoms with Crippen molar-refractivity contribution in [2.75, 3.05) is 13.1 Å². The molecule has 2 fully saturated rings. The molecule has 19 heavy (non-hydrogen) atoms. The third kappa shape index (κ3) is 4.20.